The Labute approximate surface area is 188 Å². The van der Waals surface area contributed by atoms with Gasteiger partial charge in [-0.15, -0.1) is 13.2 Å². The second-order valence-corrected chi connectivity index (χ2v) is 9.34. The number of anilines is 1. The molecule has 1 aromatic heterocycles. The molecule has 0 unspecified atom stereocenters. The minimum atomic E-state index is -4.81. The van der Waals surface area contributed by atoms with Gasteiger partial charge in [0.25, 0.3) is 10.0 Å². The van der Waals surface area contributed by atoms with E-state index in [4.69, 9.17) is 0 Å². The molecule has 6 nitrogen and oxygen atoms in total. The van der Waals surface area contributed by atoms with Crippen LogP contribution >= 0.6 is 0 Å². The molecular weight excluding hydrogens is 455 g/mol. The van der Waals surface area contributed by atoms with Crippen molar-refractivity contribution >= 4 is 27.0 Å². The maximum absolute atomic E-state index is 13.6. The first-order chi connectivity index (χ1) is 15.5. The number of hydrogen-bond acceptors (Lipinski definition) is 4. The smallest absolute Gasteiger partial charge is 0.406 e. The molecule has 0 atom stereocenters. The van der Waals surface area contributed by atoms with Gasteiger partial charge in [0.05, 0.1) is 22.5 Å². The molecule has 172 valence electrons. The predicted molar refractivity (Wildman–Crippen MR) is 118 cm³/mol. The van der Waals surface area contributed by atoms with Gasteiger partial charge in [-0.05, 0) is 54.4 Å². The highest BCUT2D eigenvalue weighted by Gasteiger charge is 2.32. The molecule has 33 heavy (non-hydrogen) atoms. The summed E-state index contributed by atoms with van der Waals surface area (Å²) in [6, 6.07) is 18.6. The molecular formula is C23H20F3N3O3S. The summed E-state index contributed by atoms with van der Waals surface area (Å²) in [5.74, 6) is -0.197. The van der Waals surface area contributed by atoms with E-state index in [0.29, 0.717) is 11.1 Å². The third-order valence-electron chi connectivity index (χ3n) is 5.05. The summed E-state index contributed by atoms with van der Waals surface area (Å²) in [4.78, 5) is 4.62. The first-order valence-electron chi connectivity index (χ1n) is 9.90. The van der Waals surface area contributed by atoms with E-state index in [-0.39, 0.29) is 23.1 Å². The SMILES string of the molecule is Cc1ccc2nc(N(Cc3ccc(OC(F)(F)F)cc3)S(=O)(=O)c3ccccc3)n(C)c2c1. The van der Waals surface area contributed by atoms with Gasteiger partial charge < -0.3 is 9.30 Å². The minimum absolute atomic E-state index is 0.0743. The molecule has 0 saturated carbocycles. The molecule has 0 fully saturated rings. The Morgan fingerprint density at radius 2 is 1.67 bits per heavy atom. The molecule has 0 aliphatic heterocycles. The number of ether oxygens (including phenoxy) is 1. The van der Waals surface area contributed by atoms with Gasteiger partial charge in [0.15, 0.2) is 0 Å². The number of benzene rings is 3. The molecule has 0 amide bonds. The van der Waals surface area contributed by atoms with E-state index >= 15 is 0 Å². The lowest BCUT2D eigenvalue weighted by molar-refractivity contribution is -0.274. The zero-order chi connectivity index (χ0) is 23.8. The van der Waals surface area contributed by atoms with Crippen molar-refractivity contribution in [2.45, 2.75) is 24.7 Å². The van der Waals surface area contributed by atoms with E-state index in [1.165, 1.54) is 24.3 Å². The molecule has 3 aromatic carbocycles. The lowest BCUT2D eigenvalue weighted by Gasteiger charge is -2.24. The van der Waals surface area contributed by atoms with Crippen LogP contribution in [-0.2, 0) is 23.6 Å². The van der Waals surface area contributed by atoms with E-state index in [9.17, 15) is 21.6 Å². The van der Waals surface area contributed by atoms with Gasteiger partial charge in [-0.3, -0.25) is 0 Å². The monoisotopic (exact) mass is 475 g/mol. The normalized spacial score (nSPS) is 12.2. The summed E-state index contributed by atoms with van der Waals surface area (Å²) in [6.45, 7) is 1.79. The molecule has 1 heterocycles. The highest BCUT2D eigenvalue weighted by atomic mass is 32.2. The van der Waals surface area contributed by atoms with Gasteiger partial charge in [-0.25, -0.2) is 17.7 Å². The van der Waals surface area contributed by atoms with E-state index < -0.39 is 16.4 Å². The minimum Gasteiger partial charge on any atom is -0.406 e. The van der Waals surface area contributed by atoms with Gasteiger partial charge in [0, 0.05) is 7.05 Å². The van der Waals surface area contributed by atoms with Gasteiger partial charge in [-0.1, -0.05) is 36.4 Å². The fourth-order valence-corrected chi connectivity index (χ4v) is 4.91. The quantitative estimate of drug-likeness (QED) is 0.386. The van der Waals surface area contributed by atoms with Gasteiger partial charge in [0.1, 0.15) is 5.75 Å². The first kappa shape index (κ1) is 22.7. The molecule has 4 aromatic rings. The van der Waals surface area contributed by atoms with Crippen molar-refractivity contribution in [2.75, 3.05) is 4.31 Å². The molecule has 0 spiro atoms. The number of sulfonamides is 1. The van der Waals surface area contributed by atoms with Crippen molar-refractivity contribution < 1.29 is 26.3 Å². The number of aryl methyl sites for hydroxylation is 2. The zero-order valence-electron chi connectivity index (χ0n) is 17.7. The maximum Gasteiger partial charge on any atom is 0.573 e. The van der Waals surface area contributed by atoms with E-state index in [2.05, 4.69) is 9.72 Å². The number of imidazole rings is 1. The first-order valence-corrected chi connectivity index (χ1v) is 11.3. The molecule has 10 heteroatoms. The van der Waals surface area contributed by atoms with Crippen LogP contribution in [0.3, 0.4) is 0 Å². The van der Waals surface area contributed by atoms with Gasteiger partial charge >= 0.3 is 6.36 Å². The fraction of sp³-hybridized carbons (Fsp3) is 0.174. The van der Waals surface area contributed by atoms with Crippen LogP contribution in [0.1, 0.15) is 11.1 Å². The highest BCUT2D eigenvalue weighted by molar-refractivity contribution is 7.92. The van der Waals surface area contributed by atoms with Crippen LogP contribution < -0.4 is 9.04 Å². The van der Waals surface area contributed by atoms with Crippen molar-refractivity contribution in [1.82, 2.24) is 9.55 Å². The maximum atomic E-state index is 13.6. The topological polar surface area (TPSA) is 64.4 Å². The Morgan fingerprint density at radius 3 is 2.30 bits per heavy atom. The number of alkyl halides is 3. The van der Waals surface area contributed by atoms with Crippen LogP contribution in [-0.4, -0.2) is 24.3 Å². The Balaban J connectivity index is 1.78. The number of fused-ring (bicyclic) bond motifs is 1. The van der Waals surface area contributed by atoms with Crippen molar-refractivity contribution in [3.8, 4) is 5.75 Å². The second kappa shape index (κ2) is 8.43. The van der Waals surface area contributed by atoms with E-state index in [1.54, 1.807) is 29.8 Å². The van der Waals surface area contributed by atoms with Gasteiger partial charge in [0.2, 0.25) is 5.95 Å². The summed E-state index contributed by atoms with van der Waals surface area (Å²) in [5, 5.41) is 0. The summed E-state index contributed by atoms with van der Waals surface area (Å²) < 4.78 is 71.3. The summed E-state index contributed by atoms with van der Waals surface area (Å²) in [6.07, 6.45) is -4.81. The number of rotatable bonds is 6. The van der Waals surface area contributed by atoms with Crippen molar-refractivity contribution in [3.05, 3.63) is 83.9 Å². The average molecular weight is 475 g/mol. The fourth-order valence-electron chi connectivity index (χ4n) is 3.46. The number of halogens is 3. The molecule has 0 aliphatic rings. The Hall–Kier alpha value is -3.53. The van der Waals surface area contributed by atoms with E-state index in [1.807, 2.05) is 25.1 Å². The number of nitrogens with zero attached hydrogens (tertiary/aromatic N) is 3. The lowest BCUT2D eigenvalue weighted by Crippen LogP contribution is -2.32. The molecule has 0 radical (unpaired) electrons. The second-order valence-electron chi connectivity index (χ2n) is 7.48. The van der Waals surface area contributed by atoms with Crippen LogP contribution in [0.15, 0.2) is 77.7 Å². The molecule has 0 saturated heterocycles. The van der Waals surface area contributed by atoms with Crippen LogP contribution in [0.25, 0.3) is 11.0 Å². The Kier molecular flexibility index (Phi) is 5.79. The summed E-state index contributed by atoms with van der Waals surface area (Å²) in [5.41, 5.74) is 2.84. The van der Waals surface area contributed by atoms with Crippen LogP contribution in [0.5, 0.6) is 5.75 Å². The van der Waals surface area contributed by atoms with Crippen LogP contribution in [0, 0.1) is 6.92 Å². The van der Waals surface area contributed by atoms with Crippen molar-refractivity contribution in [1.29, 1.82) is 0 Å². The molecule has 4 rings (SSSR count). The zero-order valence-corrected chi connectivity index (χ0v) is 18.6. The van der Waals surface area contributed by atoms with E-state index in [0.717, 1.165) is 27.5 Å². The van der Waals surface area contributed by atoms with Crippen molar-refractivity contribution in [3.63, 3.8) is 0 Å². The third-order valence-corrected chi connectivity index (χ3v) is 6.79. The Morgan fingerprint density at radius 1 is 1.00 bits per heavy atom. The van der Waals surface area contributed by atoms with Crippen LogP contribution in [0.2, 0.25) is 0 Å². The number of hydrogen-bond donors (Lipinski definition) is 0. The summed E-state index contributed by atoms with van der Waals surface area (Å²) >= 11 is 0. The van der Waals surface area contributed by atoms with Gasteiger partial charge in [-0.2, -0.15) is 0 Å². The molecule has 0 aliphatic carbocycles. The predicted octanol–water partition coefficient (Wildman–Crippen LogP) is 5.18. The third kappa shape index (κ3) is 4.80. The van der Waals surface area contributed by atoms with Crippen LogP contribution in [0.4, 0.5) is 19.1 Å². The average Bonchev–Trinajstić information content (AvgIpc) is 3.08. The molecule has 0 bridgehead atoms. The Bertz CT molecular complexity index is 1380. The van der Waals surface area contributed by atoms with Crippen molar-refractivity contribution in [2.24, 2.45) is 7.05 Å². The lowest BCUT2D eigenvalue weighted by atomic mass is 10.2. The largest absolute Gasteiger partial charge is 0.573 e. The summed E-state index contributed by atoms with van der Waals surface area (Å²) in [7, 11) is -2.31. The number of aromatic nitrogens is 2. The molecule has 0 N–H and O–H groups in total. The standard InChI is InChI=1S/C23H20F3N3O3S/c1-16-8-13-20-21(14-16)28(2)22(27-20)29(33(30,31)19-6-4-3-5-7-19)15-17-9-11-18(12-10-17)32-23(24,25)26/h3-14H,15H2,1-2H3. The highest BCUT2D eigenvalue weighted by Crippen LogP contribution is 2.30.